The van der Waals surface area contributed by atoms with Crippen LogP contribution in [0.25, 0.3) is 16.9 Å². The van der Waals surface area contributed by atoms with Gasteiger partial charge in [0, 0.05) is 37.3 Å². The van der Waals surface area contributed by atoms with E-state index in [4.69, 9.17) is 25.8 Å². The fraction of sp³-hybridized carbons (Fsp3) is 0.348. The molecule has 0 unspecified atom stereocenters. The van der Waals surface area contributed by atoms with Gasteiger partial charge in [0.1, 0.15) is 11.5 Å². The number of carbonyl (C=O) groups excluding carboxylic acids is 2. The summed E-state index contributed by atoms with van der Waals surface area (Å²) in [4.78, 5) is 30.1. The standard InChI is InChI=1S/C23H23ClF2N4O5/c1-27-22(31)14-10-15(25)18(21(33-2)19(14)26)20-16(30-5-4-12(24)8-17(30)28-20)9-13-11-29(6-7-35-13)23(32)34-3/h4-5,8,10,13H,6-7,9,11H2,1-3H3,(H,27,31)/t13-/m0/s1. The SMILES string of the molecule is CNC(=O)c1cc(F)c(-c2nc3cc(Cl)ccn3c2C[C@H]2CN(C(=O)OC)CCO2)c(OC)c1F. The Balaban J connectivity index is 1.86. The summed E-state index contributed by atoms with van der Waals surface area (Å²) in [6, 6.07) is 4.02. The molecule has 1 N–H and O–H groups in total. The smallest absolute Gasteiger partial charge is 0.409 e. The third-order valence-electron chi connectivity index (χ3n) is 5.77. The Kier molecular flexibility index (Phi) is 7.08. The molecule has 1 aliphatic heterocycles. The predicted molar refractivity (Wildman–Crippen MR) is 123 cm³/mol. The Morgan fingerprint density at radius 2 is 2.09 bits per heavy atom. The number of rotatable bonds is 5. The molecule has 0 radical (unpaired) electrons. The number of nitrogens with zero attached hydrogens (tertiary/aromatic N) is 3. The van der Waals surface area contributed by atoms with E-state index >= 15 is 8.78 Å². The molecule has 2 amide bonds. The van der Waals surface area contributed by atoms with Crippen LogP contribution >= 0.6 is 11.6 Å². The van der Waals surface area contributed by atoms with Crippen molar-refractivity contribution in [3.05, 3.63) is 52.3 Å². The number of methoxy groups -OCH3 is 2. The summed E-state index contributed by atoms with van der Waals surface area (Å²) >= 11 is 6.14. The van der Waals surface area contributed by atoms with E-state index in [0.29, 0.717) is 22.9 Å². The number of morpholine rings is 1. The van der Waals surface area contributed by atoms with E-state index < -0.39 is 41.1 Å². The highest BCUT2D eigenvalue weighted by atomic mass is 35.5. The summed E-state index contributed by atoms with van der Waals surface area (Å²) < 4.78 is 48.2. The molecule has 3 aromatic rings. The van der Waals surface area contributed by atoms with Crippen molar-refractivity contribution in [2.45, 2.75) is 12.5 Å². The zero-order valence-corrected chi connectivity index (χ0v) is 20.0. The van der Waals surface area contributed by atoms with Gasteiger partial charge in [-0.05, 0) is 12.1 Å². The third kappa shape index (κ3) is 4.61. The van der Waals surface area contributed by atoms with Gasteiger partial charge < -0.3 is 28.8 Å². The lowest BCUT2D eigenvalue weighted by Crippen LogP contribution is -2.46. The molecule has 1 saturated heterocycles. The van der Waals surface area contributed by atoms with Crippen LogP contribution in [-0.2, 0) is 15.9 Å². The molecule has 1 aliphatic rings. The van der Waals surface area contributed by atoms with Crippen LogP contribution in [0.15, 0.2) is 24.4 Å². The second kappa shape index (κ2) is 10.0. The summed E-state index contributed by atoms with van der Waals surface area (Å²) in [5.74, 6) is -3.17. The first-order chi connectivity index (χ1) is 16.8. The van der Waals surface area contributed by atoms with E-state index in [0.717, 1.165) is 6.07 Å². The normalized spacial score (nSPS) is 15.8. The maximum Gasteiger partial charge on any atom is 0.409 e. The number of hydrogen-bond acceptors (Lipinski definition) is 6. The Hall–Kier alpha value is -3.44. The number of hydrogen-bond donors (Lipinski definition) is 1. The average molecular weight is 509 g/mol. The van der Waals surface area contributed by atoms with Gasteiger partial charge in [-0.15, -0.1) is 0 Å². The van der Waals surface area contributed by atoms with E-state index in [9.17, 15) is 9.59 Å². The van der Waals surface area contributed by atoms with E-state index in [1.54, 1.807) is 22.7 Å². The summed E-state index contributed by atoms with van der Waals surface area (Å²) in [7, 11) is 3.79. The number of fused-ring (bicyclic) bond motifs is 1. The Bertz CT molecular complexity index is 1300. The molecule has 4 rings (SSSR count). The maximum absolute atomic E-state index is 15.4. The molecule has 3 heterocycles. The van der Waals surface area contributed by atoms with Gasteiger partial charge in [0.15, 0.2) is 11.6 Å². The molecule has 186 valence electrons. The highest BCUT2D eigenvalue weighted by molar-refractivity contribution is 6.30. The fourth-order valence-corrected chi connectivity index (χ4v) is 4.29. The molecule has 0 bridgehead atoms. The monoisotopic (exact) mass is 508 g/mol. The van der Waals surface area contributed by atoms with E-state index in [1.165, 1.54) is 26.2 Å². The van der Waals surface area contributed by atoms with Crippen LogP contribution < -0.4 is 10.1 Å². The van der Waals surface area contributed by atoms with Crippen LogP contribution in [-0.4, -0.2) is 73.4 Å². The first kappa shape index (κ1) is 24.7. The third-order valence-corrected chi connectivity index (χ3v) is 6.00. The molecule has 35 heavy (non-hydrogen) atoms. The quantitative estimate of drug-likeness (QED) is 0.568. The van der Waals surface area contributed by atoms with Gasteiger partial charge in [0.2, 0.25) is 0 Å². The number of benzene rings is 1. The zero-order valence-electron chi connectivity index (χ0n) is 19.2. The maximum atomic E-state index is 15.4. The van der Waals surface area contributed by atoms with Crippen molar-refractivity contribution in [1.82, 2.24) is 19.6 Å². The lowest BCUT2D eigenvalue weighted by molar-refractivity contribution is -0.0241. The van der Waals surface area contributed by atoms with Crippen LogP contribution in [0.3, 0.4) is 0 Å². The molecular weight excluding hydrogens is 486 g/mol. The molecule has 0 spiro atoms. The number of ether oxygens (including phenoxy) is 3. The van der Waals surface area contributed by atoms with Gasteiger partial charge in [-0.1, -0.05) is 11.6 Å². The molecule has 0 saturated carbocycles. The van der Waals surface area contributed by atoms with Crippen molar-refractivity contribution < 1.29 is 32.6 Å². The number of nitrogens with one attached hydrogen (secondary N) is 1. The van der Waals surface area contributed by atoms with Crippen molar-refractivity contribution in [2.24, 2.45) is 0 Å². The number of carbonyl (C=O) groups is 2. The van der Waals surface area contributed by atoms with Gasteiger partial charge in [-0.25, -0.2) is 18.6 Å². The first-order valence-corrected chi connectivity index (χ1v) is 11.1. The second-order valence-corrected chi connectivity index (χ2v) is 8.24. The minimum atomic E-state index is -1.02. The molecule has 2 aromatic heterocycles. The molecule has 12 heteroatoms. The topological polar surface area (TPSA) is 94.4 Å². The lowest BCUT2D eigenvalue weighted by atomic mass is 10.0. The van der Waals surface area contributed by atoms with Crippen LogP contribution in [0.4, 0.5) is 13.6 Å². The van der Waals surface area contributed by atoms with Crippen molar-refractivity contribution in [3.63, 3.8) is 0 Å². The highest BCUT2D eigenvalue weighted by Crippen LogP contribution is 2.39. The van der Waals surface area contributed by atoms with Gasteiger partial charge in [0.05, 0.1) is 56.0 Å². The number of pyridine rings is 1. The fourth-order valence-electron chi connectivity index (χ4n) is 4.13. The van der Waals surface area contributed by atoms with Crippen LogP contribution in [0.2, 0.25) is 5.02 Å². The molecule has 1 atom stereocenters. The van der Waals surface area contributed by atoms with Crippen LogP contribution in [0.1, 0.15) is 16.1 Å². The molecule has 9 nitrogen and oxygen atoms in total. The lowest BCUT2D eigenvalue weighted by Gasteiger charge is -2.32. The molecular formula is C23H23ClF2N4O5. The van der Waals surface area contributed by atoms with Crippen LogP contribution in [0.5, 0.6) is 5.75 Å². The van der Waals surface area contributed by atoms with E-state index in [-0.39, 0.29) is 30.8 Å². The predicted octanol–water partition coefficient (Wildman–Crippen LogP) is 3.31. The van der Waals surface area contributed by atoms with Gasteiger partial charge >= 0.3 is 6.09 Å². The van der Waals surface area contributed by atoms with Gasteiger partial charge in [-0.3, -0.25) is 4.79 Å². The summed E-state index contributed by atoms with van der Waals surface area (Å²) in [6.07, 6.45) is 0.904. The van der Waals surface area contributed by atoms with Crippen molar-refractivity contribution in [3.8, 4) is 17.0 Å². The van der Waals surface area contributed by atoms with Gasteiger partial charge in [-0.2, -0.15) is 0 Å². The van der Waals surface area contributed by atoms with Crippen LogP contribution in [0, 0.1) is 11.6 Å². The minimum Gasteiger partial charge on any atom is -0.493 e. The number of halogens is 3. The number of amides is 2. The van der Waals surface area contributed by atoms with Crippen molar-refractivity contribution in [1.29, 1.82) is 0 Å². The minimum absolute atomic E-state index is 0.0998. The molecule has 0 aliphatic carbocycles. The summed E-state index contributed by atoms with van der Waals surface area (Å²) in [5, 5.41) is 2.68. The van der Waals surface area contributed by atoms with E-state index in [2.05, 4.69) is 10.3 Å². The van der Waals surface area contributed by atoms with E-state index in [1.807, 2.05) is 0 Å². The van der Waals surface area contributed by atoms with Crippen molar-refractivity contribution >= 4 is 29.2 Å². The first-order valence-electron chi connectivity index (χ1n) is 10.7. The van der Waals surface area contributed by atoms with Crippen molar-refractivity contribution in [2.75, 3.05) is 41.0 Å². The highest BCUT2D eigenvalue weighted by Gasteiger charge is 2.31. The largest absolute Gasteiger partial charge is 0.493 e. The summed E-state index contributed by atoms with van der Waals surface area (Å²) in [5.41, 5.74) is 0.234. The molecule has 1 aromatic carbocycles. The Morgan fingerprint density at radius 1 is 1.31 bits per heavy atom. The summed E-state index contributed by atoms with van der Waals surface area (Å²) in [6.45, 7) is 0.884. The average Bonchev–Trinajstić information content (AvgIpc) is 3.20. The second-order valence-electron chi connectivity index (χ2n) is 7.80. The Morgan fingerprint density at radius 3 is 2.77 bits per heavy atom. The number of aromatic nitrogens is 2. The van der Waals surface area contributed by atoms with Gasteiger partial charge in [0.25, 0.3) is 5.91 Å². The zero-order chi connectivity index (χ0) is 25.3. The number of imidazole rings is 1. The Labute approximate surface area is 204 Å². The molecule has 1 fully saturated rings.